The van der Waals surface area contributed by atoms with Crippen LogP contribution in [0.25, 0.3) is 0 Å². The summed E-state index contributed by atoms with van der Waals surface area (Å²) in [5, 5.41) is 0. The van der Waals surface area contributed by atoms with Crippen molar-refractivity contribution in [3.8, 4) is 0 Å². The van der Waals surface area contributed by atoms with E-state index in [-0.39, 0.29) is 6.42 Å². The van der Waals surface area contributed by atoms with Crippen LogP contribution in [0.1, 0.15) is 23.1 Å². The summed E-state index contributed by atoms with van der Waals surface area (Å²) in [5.41, 5.74) is 3.38. The van der Waals surface area contributed by atoms with Gasteiger partial charge in [0.15, 0.2) is 0 Å². The summed E-state index contributed by atoms with van der Waals surface area (Å²) in [6.07, 6.45) is 0.678. The molecule has 2 aromatic rings. The zero-order valence-electron chi connectivity index (χ0n) is 16.2. The maximum atomic E-state index is 12.5. The fourth-order valence-electron chi connectivity index (χ4n) is 3.37. The number of carbonyl (C=O) groups excluding carboxylic acids is 1. The third-order valence-corrected chi connectivity index (χ3v) is 6.58. The van der Waals surface area contributed by atoms with Crippen molar-refractivity contribution < 1.29 is 13.2 Å². The van der Waals surface area contributed by atoms with Crippen LogP contribution in [0.15, 0.2) is 54.6 Å². The molecule has 7 heteroatoms. The van der Waals surface area contributed by atoms with Crippen LogP contribution < -0.4 is 4.72 Å². The number of benzene rings is 2. The second kappa shape index (κ2) is 9.32. The van der Waals surface area contributed by atoms with E-state index >= 15 is 0 Å². The Hall–Kier alpha value is -2.22. The number of hydrogen-bond acceptors (Lipinski definition) is 4. The fraction of sp³-hybridized carbons (Fsp3) is 0.381. The first-order chi connectivity index (χ1) is 13.4. The molecule has 1 aliphatic rings. The zero-order chi connectivity index (χ0) is 20.0. The molecule has 150 valence electrons. The molecular weight excluding hydrogens is 374 g/mol. The molecule has 0 aliphatic carbocycles. The monoisotopic (exact) mass is 401 g/mol. The molecule has 6 nitrogen and oxygen atoms in total. The third kappa shape index (κ3) is 5.64. The lowest BCUT2D eigenvalue weighted by Gasteiger charge is -2.33. The van der Waals surface area contributed by atoms with Crippen LogP contribution in [0.3, 0.4) is 0 Å². The summed E-state index contributed by atoms with van der Waals surface area (Å²) in [7, 11) is -3.79. The highest BCUT2D eigenvalue weighted by Crippen LogP contribution is 2.12. The van der Waals surface area contributed by atoms with Gasteiger partial charge in [-0.2, -0.15) is 12.7 Å². The van der Waals surface area contributed by atoms with Crippen molar-refractivity contribution in [3.05, 3.63) is 71.3 Å². The van der Waals surface area contributed by atoms with Crippen molar-refractivity contribution in [2.45, 2.75) is 26.3 Å². The first-order valence-corrected chi connectivity index (χ1v) is 11.0. The molecule has 0 saturated carbocycles. The lowest BCUT2D eigenvalue weighted by atomic mass is 10.0. The SMILES string of the molecule is Cc1ccccc1CCC(=O)NS(=O)(=O)N1CCN(Cc2ccccc2)CC1. The molecule has 2 aromatic carbocycles. The Balaban J connectivity index is 1.47. The number of hydrogen-bond donors (Lipinski definition) is 1. The number of nitrogens with one attached hydrogen (secondary N) is 1. The molecule has 1 N–H and O–H groups in total. The number of piperazine rings is 1. The van der Waals surface area contributed by atoms with Gasteiger partial charge in [-0.1, -0.05) is 54.6 Å². The Kier molecular flexibility index (Phi) is 6.83. The molecular formula is C21H27N3O3S. The molecule has 1 fully saturated rings. The predicted molar refractivity (Wildman–Crippen MR) is 110 cm³/mol. The Bertz CT molecular complexity index is 892. The molecule has 0 radical (unpaired) electrons. The Morgan fingerprint density at radius 1 is 0.964 bits per heavy atom. The predicted octanol–water partition coefficient (Wildman–Crippen LogP) is 2.11. The summed E-state index contributed by atoms with van der Waals surface area (Å²) in [4.78, 5) is 14.4. The van der Waals surface area contributed by atoms with Crippen LogP contribution >= 0.6 is 0 Å². The normalized spacial score (nSPS) is 16.0. The second-order valence-electron chi connectivity index (χ2n) is 7.12. The quantitative estimate of drug-likeness (QED) is 0.772. The van der Waals surface area contributed by atoms with Gasteiger partial charge in [-0.15, -0.1) is 0 Å². The summed E-state index contributed by atoms with van der Waals surface area (Å²) >= 11 is 0. The lowest BCUT2D eigenvalue weighted by molar-refractivity contribution is -0.119. The molecule has 1 amide bonds. The smallest absolute Gasteiger partial charge is 0.296 e. The van der Waals surface area contributed by atoms with Crippen molar-refractivity contribution in [3.63, 3.8) is 0 Å². The molecule has 1 aliphatic heterocycles. The number of nitrogens with zero attached hydrogens (tertiary/aromatic N) is 2. The molecule has 3 rings (SSSR count). The van der Waals surface area contributed by atoms with E-state index in [1.54, 1.807) is 0 Å². The molecule has 0 unspecified atom stereocenters. The van der Waals surface area contributed by atoms with Gasteiger partial charge < -0.3 is 0 Å². The van der Waals surface area contributed by atoms with Crippen molar-refractivity contribution in [2.24, 2.45) is 0 Å². The minimum atomic E-state index is -3.79. The molecule has 0 spiro atoms. The van der Waals surface area contributed by atoms with Crippen molar-refractivity contribution in [2.75, 3.05) is 26.2 Å². The molecule has 0 atom stereocenters. The van der Waals surface area contributed by atoms with Gasteiger partial charge in [0.1, 0.15) is 0 Å². The van der Waals surface area contributed by atoms with E-state index in [4.69, 9.17) is 0 Å². The van der Waals surface area contributed by atoms with E-state index in [1.807, 2.05) is 49.4 Å². The van der Waals surface area contributed by atoms with Gasteiger partial charge in [0.05, 0.1) is 0 Å². The average Bonchev–Trinajstić information content (AvgIpc) is 2.68. The largest absolute Gasteiger partial charge is 0.303 e. The lowest BCUT2D eigenvalue weighted by Crippen LogP contribution is -2.52. The van der Waals surface area contributed by atoms with Crippen LogP contribution in [-0.4, -0.2) is 49.7 Å². The number of rotatable bonds is 7. The Morgan fingerprint density at radius 3 is 2.29 bits per heavy atom. The van der Waals surface area contributed by atoms with Crippen LogP contribution in [0, 0.1) is 6.92 Å². The van der Waals surface area contributed by atoms with Gasteiger partial charge in [0, 0.05) is 39.1 Å². The van der Waals surface area contributed by atoms with Crippen molar-refractivity contribution >= 4 is 16.1 Å². The minimum Gasteiger partial charge on any atom is -0.296 e. The second-order valence-corrected chi connectivity index (χ2v) is 8.79. The number of amides is 1. The van der Waals surface area contributed by atoms with E-state index in [2.05, 4.69) is 21.8 Å². The standard InChI is InChI=1S/C21H27N3O3S/c1-18-7-5-6-10-20(18)11-12-21(25)22-28(26,27)24-15-13-23(14-16-24)17-19-8-3-2-4-9-19/h2-10H,11-17H2,1H3,(H,22,25). The van der Waals surface area contributed by atoms with Crippen LogP contribution in [0.5, 0.6) is 0 Å². The first kappa shape index (κ1) is 20.5. The highest BCUT2D eigenvalue weighted by Gasteiger charge is 2.28. The van der Waals surface area contributed by atoms with E-state index < -0.39 is 16.1 Å². The van der Waals surface area contributed by atoms with Gasteiger partial charge in [-0.05, 0) is 30.0 Å². The van der Waals surface area contributed by atoms with Crippen LogP contribution in [0.2, 0.25) is 0 Å². The minimum absolute atomic E-state index is 0.151. The first-order valence-electron chi connectivity index (χ1n) is 9.55. The van der Waals surface area contributed by atoms with E-state index in [0.29, 0.717) is 32.6 Å². The van der Waals surface area contributed by atoms with Crippen LogP contribution in [-0.2, 0) is 28.0 Å². The molecule has 1 saturated heterocycles. The van der Waals surface area contributed by atoms with Gasteiger partial charge in [-0.3, -0.25) is 9.69 Å². The molecule has 0 aromatic heterocycles. The zero-order valence-corrected chi connectivity index (χ0v) is 17.0. The summed E-state index contributed by atoms with van der Waals surface area (Å²) in [5.74, 6) is -0.463. The third-order valence-electron chi connectivity index (χ3n) is 5.05. The summed E-state index contributed by atoms with van der Waals surface area (Å²) < 4.78 is 28.6. The van der Waals surface area contributed by atoms with Gasteiger partial charge in [0.2, 0.25) is 5.91 Å². The van der Waals surface area contributed by atoms with E-state index in [9.17, 15) is 13.2 Å². The maximum absolute atomic E-state index is 12.5. The van der Waals surface area contributed by atoms with Crippen LogP contribution in [0.4, 0.5) is 0 Å². The van der Waals surface area contributed by atoms with E-state index in [1.165, 1.54) is 9.87 Å². The van der Waals surface area contributed by atoms with E-state index in [0.717, 1.165) is 17.7 Å². The Morgan fingerprint density at radius 2 is 1.61 bits per heavy atom. The molecule has 0 bridgehead atoms. The van der Waals surface area contributed by atoms with Gasteiger partial charge >= 0.3 is 10.2 Å². The molecule has 28 heavy (non-hydrogen) atoms. The number of carbonyl (C=O) groups is 1. The van der Waals surface area contributed by atoms with Gasteiger partial charge in [-0.25, -0.2) is 4.72 Å². The van der Waals surface area contributed by atoms with Gasteiger partial charge in [0.25, 0.3) is 0 Å². The topological polar surface area (TPSA) is 69.7 Å². The Labute approximate surface area is 167 Å². The average molecular weight is 402 g/mol. The number of aryl methyl sites for hydroxylation is 2. The highest BCUT2D eigenvalue weighted by molar-refractivity contribution is 7.87. The molecule has 1 heterocycles. The highest BCUT2D eigenvalue weighted by atomic mass is 32.2. The van der Waals surface area contributed by atoms with Crippen molar-refractivity contribution in [1.29, 1.82) is 0 Å². The maximum Gasteiger partial charge on any atom is 0.303 e. The fourth-order valence-corrected chi connectivity index (χ4v) is 4.53. The van der Waals surface area contributed by atoms with Crippen molar-refractivity contribution in [1.82, 2.24) is 13.9 Å². The summed E-state index contributed by atoms with van der Waals surface area (Å²) in [6.45, 7) is 4.84. The summed E-state index contributed by atoms with van der Waals surface area (Å²) in [6, 6.07) is 17.9.